The minimum absolute atomic E-state index is 0.528. The van der Waals surface area contributed by atoms with Gasteiger partial charge in [-0.3, -0.25) is 0 Å². The largest absolute Gasteiger partial charge is 0.377 e. The van der Waals surface area contributed by atoms with Crippen molar-refractivity contribution < 1.29 is 4.52 Å². The molecule has 1 aromatic heterocycles. The first kappa shape index (κ1) is 15.2. The summed E-state index contributed by atoms with van der Waals surface area (Å²) in [7, 11) is 4.02. The number of aromatic nitrogens is 2. The molecule has 4 rings (SSSR count). The van der Waals surface area contributed by atoms with E-state index >= 15 is 0 Å². The number of hydrogen-bond donors (Lipinski definition) is 0. The Morgan fingerprint density at radius 3 is 2.79 bits per heavy atom. The molecule has 3 aromatic rings. The summed E-state index contributed by atoms with van der Waals surface area (Å²) in [5, 5.41) is 4.17. The second kappa shape index (κ2) is 5.94. The van der Waals surface area contributed by atoms with Crippen LogP contribution in [0, 0.1) is 0 Å². The average Bonchev–Trinajstić information content (AvgIpc) is 3.21. The summed E-state index contributed by atoms with van der Waals surface area (Å²) in [6, 6.07) is 14.4. The van der Waals surface area contributed by atoms with Crippen LogP contribution in [-0.2, 0) is 6.42 Å². The summed E-state index contributed by atoms with van der Waals surface area (Å²) in [6.45, 7) is 0.877. The third-order valence-corrected chi connectivity index (χ3v) is 4.86. The van der Waals surface area contributed by atoms with Crippen LogP contribution in [-0.4, -0.2) is 30.8 Å². The van der Waals surface area contributed by atoms with Crippen LogP contribution in [0.5, 0.6) is 0 Å². The molecule has 0 saturated heterocycles. The molecule has 1 aliphatic heterocycles. The van der Waals surface area contributed by atoms with E-state index in [-0.39, 0.29) is 0 Å². The Hall–Kier alpha value is -2.34. The van der Waals surface area contributed by atoms with Crippen molar-refractivity contribution >= 4 is 33.3 Å². The first-order chi connectivity index (χ1) is 11.6. The van der Waals surface area contributed by atoms with E-state index in [1.165, 1.54) is 5.56 Å². The Morgan fingerprint density at radius 2 is 2.00 bits per heavy atom. The lowest BCUT2D eigenvalue weighted by Gasteiger charge is -2.14. The van der Waals surface area contributed by atoms with E-state index in [1.807, 2.05) is 43.3 Å². The highest BCUT2D eigenvalue weighted by Gasteiger charge is 2.24. The average molecular weight is 385 g/mol. The van der Waals surface area contributed by atoms with Crippen molar-refractivity contribution in [1.82, 2.24) is 10.1 Å². The molecule has 0 atom stereocenters. The molecule has 0 amide bonds. The van der Waals surface area contributed by atoms with Crippen LogP contribution < -0.4 is 9.80 Å². The van der Waals surface area contributed by atoms with Crippen LogP contribution in [0.3, 0.4) is 0 Å². The van der Waals surface area contributed by atoms with Crippen molar-refractivity contribution in [3.05, 3.63) is 52.5 Å². The molecule has 0 fully saturated rings. The van der Waals surface area contributed by atoms with Crippen LogP contribution in [0.25, 0.3) is 11.5 Å². The number of benzene rings is 2. The molecule has 0 bridgehead atoms. The maximum Gasteiger partial charge on any atom is 0.270 e. The minimum atomic E-state index is 0.528. The first-order valence-electron chi connectivity index (χ1n) is 7.80. The second-order valence-electron chi connectivity index (χ2n) is 5.99. The summed E-state index contributed by atoms with van der Waals surface area (Å²) in [4.78, 5) is 8.74. The summed E-state index contributed by atoms with van der Waals surface area (Å²) in [5.74, 6) is 1.14. The van der Waals surface area contributed by atoms with Crippen molar-refractivity contribution in [2.24, 2.45) is 0 Å². The quantitative estimate of drug-likeness (QED) is 0.674. The molecule has 2 aromatic carbocycles. The van der Waals surface area contributed by atoms with E-state index < -0.39 is 0 Å². The lowest BCUT2D eigenvalue weighted by atomic mass is 10.2. The van der Waals surface area contributed by atoms with Crippen molar-refractivity contribution in [1.29, 1.82) is 0 Å². The van der Waals surface area contributed by atoms with Gasteiger partial charge in [-0.1, -0.05) is 18.2 Å². The number of nitrogens with zero attached hydrogens (tertiary/aromatic N) is 4. The van der Waals surface area contributed by atoms with E-state index in [0.717, 1.165) is 34.4 Å². The fourth-order valence-corrected chi connectivity index (χ4v) is 3.72. The van der Waals surface area contributed by atoms with Gasteiger partial charge in [-0.15, -0.1) is 0 Å². The van der Waals surface area contributed by atoms with Crippen molar-refractivity contribution in [2.45, 2.75) is 6.42 Å². The maximum atomic E-state index is 5.50. The van der Waals surface area contributed by atoms with Crippen LogP contribution in [0.1, 0.15) is 5.56 Å². The zero-order valence-electron chi connectivity index (χ0n) is 13.5. The van der Waals surface area contributed by atoms with Crippen molar-refractivity contribution in [3.63, 3.8) is 0 Å². The normalized spacial score (nSPS) is 13.2. The van der Waals surface area contributed by atoms with Gasteiger partial charge in [-0.05, 0) is 57.3 Å². The lowest BCUT2D eigenvalue weighted by molar-refractivity contribution is 0.431. The number of halogens is 1. The molecule has 0 unspecified atom stereocenters. The molecule has 0 aliphatic carbocycles. The van der Waals surface area contributed by atoms with E-state index in [9.17, 15) is 0 Å². The molecular formula is C18H17BrN4O. The van der Waals surface area contributed by atoms with Crippen LogP contribution in [0.15, 0.2) is 51.5 Å². The lowest BCUT2D eigenvalue weighted by Crippen LogP contribution is -2.14. The first-order valence-corrected chi connectivity index (χ1v) is 8.59. The molecule has 1 aliphatic rings. The van der Waals surface area contributed by atoms with Gasteiger partial charge in [-0.2, -0.15) is 4.98 Å². The van der Waals surface area contributed by atoms with Gasteiger partial charge >= 0.3 is 0 Å². The van der Waals surface area contributed by atoms with E-state index in [0.29, 0.717) is 11.8 Å². The summed E-state index contributed by atoms with van der Waals surface area (Å²) in [6.07, 6.45) is 1.00. The SMILES string of the molecule is CN(C)c1ccc(-c2nc(N3CCc4ccccc43)no2)cc1Br. The molecule has 6 heteroatoms. The molecular weight excluding hydrogens is 368 g/mol. The van der Waals surface area contributed by atoms with E-state index in [4.69, 9.17) is 4.52 Å². The fourth-order valence-electron chi connectivity index (χ4n) is 2.99. The third kappa shape index (κ3) is 2.57. The molecule has 5 nitrogen and oxygen atoms in total. The number of para-hydroxylation sites is 1. The highest BCUT2D eigenvalue weighted by Crippen LogP contribution is 2.34. The molecule has 24 heavy (non-hydrogen) atoms. The van der Waals surface area contributed by atoms with Gasteiger partial charge in [0.25, 0.3) is 11.8 Å². The fraction of sp³-hybridized carbons (Fsp3) is 0.222. The Kier molecular flexibility index (Phi) is 3.76. The van der Waals surface area contributed by atoms with Gasteiger partial charge < -0.3 is 14.3 Å². The van der Waals surface area contributed by atoms with Gasteiger partial charge in [-0.25, -0.2) is 0 Å². The van der Waals surface area contributed by atoms with Gasteiger partial charge in [0.2, 0.25) is 0 Å². The summed E-state index contributed by atoms with van der Waals surface area (Å²) in [5.41, 5.74) is 4.49. The smallest absolute Gasteiger partial charge is 0.270 e. The van der Waals surface area contributed by atoms with Crippen LogP contribution in [0.2, 0.25) is 0 Å². The third-order valence-electron chi connectivity index (χ3n) is 4.22. The molecule has 0 N–H and O–H groups in total. The van der Waals surface area contributed by atoms with Crippen molar-refractivity contribution in [2.75, 3.05) is 30.4 Å². The highest BCUT2D eigenvalue weighted by atomic mass is 79.9. The Labute approximate surface area is 149 Å². The molecule has 0 saturated carbocycles. The number of anilines is 3. The van der Waals surface area contributed by atoms with Gasteiger partial charge in [0, 0.05) is 36.4 Å². The predicted molar refractivity (Wildman–Crippen MR) is 98.9 cm³/mol. The molecule has 2 heterocycles. The van der Waals surface area contributed by atoms with E-state index in [2.05, 4.69) is 49.2 Å². The molecule has 0 spiro atoms. The predicted octanol–water partition coefficient (Wildman–Crippen LogP) is 4.26. The maximum absolute atomic E-state index is 5.50. The number of fused-ring (bicyclic) bond motifs is 1. The Balaban J connectivity index is 1.66. The summed E-state index contributed by atoms with van der Waals surface area (Å²) >= 11 is 3.60. The van der Waals surface area contributed by atoms with Gasteiger partial charge in [0.05, 0.1) is 5.69 Å². The number of rotatable bonds is 3. The van der Waals surface area contributed by atoms with Gasteiger partial charge in [0.1, 0.15) is 0 Å². The standard InChI is InChI=1S/C18H17BrN4O/c1-22(2)16-8-7-13(11-14(16)19)17-20-18(21-24-17)23-10-9-12-5-3-4-6-15(12)23/h3-8,11H,9-10H2,1-2H3. The minimum Gasteiger partial charge on any atom is -0.377 e. The zero-order chi connectivity index (χ0) is 16.7. The molecule has 0 radical (unpaired) electrons. The Bertz CT molecular complexity index is 890. The van der Waals surface area contributed by atoms with Crippen LogP contribution in [0.4, 0.5) is 17.3 Å². The molecule has 122 valence electrons. The monoisotopic (exact) mass is 384 g/mol. The van der Waals surface area contributed by atoms with Gasteiger partial charge in [0.15, 0.2) is 0 Å². The van der Waals surface area contributed by atoms with Crippen LogP contribution >= 0.6 is 15.9 Å². The van der Waals surface area contributed by atoms with E-state index in [1.54, 1.807) is 0 Å². The second-order valence-corrected chi connectivity index (χ2v) is 6.84. The topological polar surface area (TPSA) is 45.4 Å². The Morgan fingerprint density at radius 1 is 1.17 bits per heavy atom. The zero-order valence-corrected chi connectivity index (χ0v) is 15.1. The summed E-state index contributed by atoms with van der Waals surface area (Å²) < 4.78 is 6.49. The number of hydrogen-bond acceptors (Lipinski definition) is 5. The highest BCUT2D eigenvalue weighted by molar-refractivity contribution is 9.10. The van der Waals surface area contributed by atoms with Crippen molar-refractivity contribution in [3.8, 4) is 11.5 Å².